The van der Waals surface area contributed by atoms with Crippen LogP contribution in [-0.4, -0.2) is 68.2 Å². The summed E-state index contributed by atoms with van der Waals surface area (Å²) in [5, 5.41) is 7.69. The second kappa shape index (κ2) is 8.77. The topological polar surface area (TPSA) is 152 Å². The fourth-order valence-electron chi connectivity index (χ4n) is 7.24. The van der Waals surface area contributed by atoms with Crippen molar-refractivity contribution in [3.05, 3.63) is 10.6 Å². The summed E-state index contributed by atoms with van der Waals surface area (Å²) in [6.07, 6.45) is 13.6. The third-order valence-corrected chi connectivity index (χ3v) is 12.1. The monoisotopic (exact) mass is 568 g/mol. The standard InChI is InChI=1S/C27H36N8O4S/c36-25-31-23(33-39-25)22-28-20-19(21(29-22)32-27(10-11-27)18-2-1-3-18)35(16-17-4-6-26(7-5-17)8-9-26)24(30-20)34-12-14-40(37,38)15-13-34/h17-18H,1-16H2,(H,28,29,32)(H,31,33,36). The summed E-state index contributed by atoms with van der Waals surface area (Å²) in [5.74, 6) is 2.64. The molecule has 1 aliphatic heterocycles. The normalized spacial score (nSPS) is 25.2. The van der Waals surface area contributed by atoms with E-state index < -0.39 is 15.6 Å². The number of aromatic nitrogens is 6. The second-order valence-electron chi connectivity index (χ2n) is 13.0. The molecule has 0 radical (unpaired) electrons. The first-order valence-electron chi connectivity index (χ1n) is 14.9. The van der Waals surface area contributed by atoms with Crippen molar-refractivity contribution in [3.63, 3.8) is 0 Å². The molecular formula is C27H36N8O4S. The Kier molecular flexibility index (Phi) is 5.44. The summed E-state index contributed by atoms with van der Waals surface area (Å²) >= 11 is 0. The van der Waals surface area contributed by atoms with E-state index in [1.165, 1.54) is 57.8 Å². The highest BCUT2D eigenvalue weighted by Gasteiger charge is 2.52. The first-order chi connectivity index (χ1) is 19.3. The molecule has 3 aromatic rings. The molecule has 214 valence electrons. The zero-order valence-electron chi connectivity index (χ0n) is 22.7. The predicted molar refractivity (Wildman–Crippen MR) is 149 cm³/mol. The van der Waals surface area contributed by atoms with Gasteiger partial charge in [-0.15, -0.1) is 0 Å². The van der Waals surface area contributed by atoms with Crippen LogP contribution in [0, 0.1) is 17.3 Å². The van der Waals surface area contributed by atoms with Gasteiger partial charge < -0.3 is 14.8 Å². The van der Waals surface area contributed by atoms with Crippen molar-refractivity contribution in [2.75, 3.05) is 34.8 Å². The maximum atomic E-state index is 12.3. The van der Waals surface area contributed by atoms with Crippen LogP contribution in [0.4, 0.5) is 11.8 Å². The van der Waals surface area contributed by atoms with Crippen molar-refractivity contribution in [2.24, 2.45) is 17.3 Å². The van der Waals surface area contributed by atoms with Crippen LogP contribution in [0.2, 0.25) is 0 Å². The van der Waals surface area contributed by atoms with Crippen molar-refractivity contribution in [1.29, 1.82) is 0 Å². The quantitative estimate of drug-likeness (QED) is 0.435. The maximum absolute atomic E-state index is 12.3. The largest absolute Gasteiger partial charge is 0.439 e. The number of rotatable bonds is 7. The Morgan fingerprint density at radius 3 is 2.33 bits per heavy atom. The molecule has 5 aliphatic rings. The molecule has 4 saturated carbocycles. The third-order valence-electron chi connectivity index (χ3n) is 10.5. The highest BCUT2D eigenvalue weighted by Crippen LogP contribution is 2.57. The highest BCUT2D eigenvalue weighted by atomic mass is 32.2. The average Bonchev–Trinajstić information content (AvgIpc) is 3.75. The van der Waals surface area contributed by atoms with E-state index in [1.54, 1.807) is 0 Å². The van der Waals surface area contributed by atoms with E-state index >= 15 is 0 Å². The highest BCUT2D eigenvalue weighted by molar-refractivity contribution is 7.91. The molecule has 0 aromatic carbocycles. The van der Waals surface area contributed by atoms with Crippen molar-refractivity contribution < 1.29 is 12.9 Å². The van der Waals surface area contributed by atoms with E-state index in [-0.39, 0.29) is 28.7 Å². The molecule has 5 fully saturated rings. The predicted octanol–water partition coefficient (Wildman–Crippen LogP) is 3.12. The number of anilines is 2. The van der Waals surface area contributed by atoms with Gasteiger partial charge in [-0.3, -0.25) is 9.51 Å². The van der Waals surface area contributed by atoms with E-state index in [0.29, 0.717) is 41.8 Å². The summed E-state index contributed by atoms with van der Waals surface area (Å²) < 4.78 is 31.5. The molecule has 0 bridgehead atoms. The Bertz CT molecular complexity index is 1610. The molecule has 2 N–H and O–H groups in total. The molecule has 0 amide bonds. The number of hydrogen-bond acceptors (Lipinski definition) is 10. The van der Waals surface area contributed by atoms with Gasteiger partial charge in [0.05, 0.1) is 11.5 Å². The average molecular weight is 569 g/mol. The van der Waals surface area contributed by atoms with Gasteiger partial charge in [-0.05, 0) is 81.5 Å². The fraction of sp³-hybridized carbons (Fsp3) is 0.741. The first kappa shape index (κ1) is 24.8. The van der Waals surface area contributed by atoms with Crippen molar-refractivity contribution >= 4 is 32.8 Å². The molecule has 0 atom stereocenters. The Morgan fingerprint density at radius 2 is 1.73 bits per heavy atom. The zero-order valence-corrected chi connectivity index (χ0v) is 23.5. The lowest BCUT2D eigenvalue weighted by molar-refractivity contribution is 0.238. The summed E-state index contributed by atoms with van der Waals surface area (Å²) in [6.45, 7) is 1.62. The van der Waals surface area contributed by atoms with Gasteiger partial charge in [-0.2, -0.15) is 4.98 Å². The van der Waals surface area contributed by atoms with Crippen LogP contribution in [0.25, 0.3) is 22.8 Å². The van der Waals surface area contributed by atoms with Crippen molar-refractivity contribution in [3.8, 4) is 11.6 Å². The molecule has 8 rings (SSSR count). The number of nitrogens with one attached hydrogen (secondary N) is 2. The number of hydrogen-bond donors (Lipinski definition) is 2. The van der Waals surface area contributed by atoms with Gasteiger partial charge in [0.2, 0.25) is 17.6 Å². The number of fused-ring (bicyclic) bond motifs is 1. The summed E-state index contributed by atoms with van der Waals surface area (Å²) in [5.41, 5.74) is 2.03. The summed E-state index contributed by atoms with van der Waals surface area (Å²) in [6, 6.07) is 0. The SMILES string of the molecule is O=c1[nH]c(-c2nc(NC3(C4CCC4)CC3)c3c(n2)nc(N2CCS(=O)(=O)CC2)n3CC2CCC3(CC2)CC3)no1. The smallest absolute Gasteiger partial charge is 0.362 e. The number of H-pyrrole nitrogens is 1. The van der Waals surface area contributed by atoms with Crippen LogP contribution in [0.15, 0.2) is 9.32 Å². The Balaban J connectivity index is 1.24. The van der Waals surface area contributed by atoms with Gasteiger partial charge in [0.25, 0.3) is 0 Å². The third kappa shape index (κ3) is 4.31. The van der Waals surface area contributed by atoms with Gasteiger partial charge in [0.1, 0.15) is 5.52 Å². The minimum Gasteiger partial charge on any atom is -0.362 e. The molecular weight excluding hydrogens is 532 g/mol. The molecule has 4 aliphatic carbocycles. The van der Waals surface area contributed by atoms with Crippen LogP contribution in [0.1, 0.15) is 70.6 Å². The van der Waals surface area contributed by atoms with Crippen LogP contribution < -0.4 is 16.0 Å². The van der Waals surface area contributed by atoms with Crippen molar-refractivity contribution in [1.82, 2.24) is 29.7 Å². The van der Waals surface area contributed by atoms with Crippen LogP contribution in [0.3, 0.4) is 0 Å². The summed E-state index contributed by atoms with van der Waals surface area (Å²) in [4.78, 5) is 31.1. The van der Waals surface area contributed by atoms with Gasteiger partial charge in [-0.25, -0.2) is 23.2 Å². The van der Waals surface area contributed by atoms with E-state index in [0.717, 1.165) is 30.9 Å². The van der Waals surface area contributed by atoms with Crippen LogP contribution in [0.5, 0.6) is 0 Å². The molecule has 40 heavy (non-hydrogen) atoms. The minimum atomic E-state index is -3.04. The first-order valence-corrected chi connectivity index (χ1v) is 16.7. The number of aromatic amines is 1. The molecule has 1 spiro atoms. The van der Waals surface area contributed by atoms with E-state index in [1.807, 2.05) is 0 Å². The number of nitrogens with zero attached hydrogens (tertiary/aromatic N) is 6. The van der Waals surface area contributed by atoms with Gasteiger partial charge in [0, 0.05) is 25.2 Å². The zero-order chi connectivity index (χ0) is 27.1. The van der Waals surface area contributed by atoms with E-state index in [2.05, 4.69) is 24.9 Å². The lowest BCUT2D eigenvalue weighted by Gasteiger charge is -2.35. The molecule has 0 unspecified atom stereocenters. The number of sulfone groups is 1. The van der Waals surface area contributed by atoms with Gasteiger partial charge in [0.15, 0.2) is 21.3 Å². The molecule has 4 heterocycles. The second-order valence-corrected chi connectivity index (χ2v) is 15.3. The van der Waals surface area contributed by atoms with Gasteiger partial charge >= 0.3 is 5.76 Å². The lowest BCUT2D eigenvalue weighted by atomic mass is 9.78. The minimum absolute atomic E-state index is 0.0334. The van der Waals surface area contributed by atoms with E-state index in [4.69, 9.17) is 19.5 Å². The summed E-state index contributed by atoms with van der Waals surface area (Å²) in [7, 11) is -3.04. The van der Waals surface area contributed by atoms with Gasteiger partial charge in [-0.1, -0.05) is 11.6 Å². The molecule has 13 heteroatoms. The lowest BCUT2D eigenvalue weighted by Crippen LogP contribution is -2.41. The van der Waals surface area contributed by atoms with Crippen LogP contribution in [-0.2, 0) is 16.4 Å². The van der Waals surface area contributed by atoms with E-state index in [9.17, 15) is 13.2 Å². The maximum Gasteiger partial charge on any atom is 0.439 e. The molecule has 3 aromatic heterocycles. The fourth-order valence-corrected chi connectivity index (χ4v) is 8.45. The Morgan fingerprint density at radius 1 is 0.975 bits per heavy atom. The molecule has 12 nitrogen and oxygen atoms in total. The Labute approximate surface area is 232 Å². The van der Waals surface area contributed by atoms with Crippen LogP contribution >= 0.6 is 0 Å². The number of imidazole rings is 1. The molecule has 1 saturated heterocycles. The van der Waals surface area contributed by atoms with Crippen molar-refractivity contribution in [2.45, 2.75) is 82.7 Å². The Hall–Kier alpha value is -2.96.